The van der Waals surface area contributed by atoms with Crippen molar-refractivity contribution in [1.29, 1.82) is 0 Å². The summed E-state index contributed by atoms with van der Waals surface area (Å²) >= 11 is 0. The standard InChI is InChI=1S/C9H19O6PS/c1-8(9-4-2-3-5-9)17(13,14)7-6-15-16(10,11)12/h8-9H,2-7H2,1H3,(H2,10,11,12). The van der Waals surface area contributed by atoms with Gasteiger partial charge in [-0.2, -0.15) is 0 Å². The molecule has 1 saturated carbocycles. The van der Waals surface area contributed by atoms with Gasteiger partial charge in [-0.3, -0.25) is 4.52 Å². The van der Waals surface area contributed by atoms with Crippen molar-refractivity contribution >= 4 is 17.7 Å². The molecule has 1 atom stereocenters. The van der Waals surface area contributed by atoms with E-state index in [0.29, 0.717) is 0 Å². The zero-order valence-corrected chi connectivity index (χ0v) is 11.5. The molecule has 8 heteroatoms. The normalized spacial score (nSPS) is 20.6. The van der Waals surface area contributed by atoms with Crippen molar-refractivity contribution < 1.29 is 27.3 Å². The van der Waals surface area contributed by atoms with Crippen LogP contribution >= 0.6 is 7.82 Å². The molecule has 1 aliphatic carbocycles. The van der Waals surface area contributed by atoms with Crippen molar-refractivity contribution in [2.45, 2.75) is 37.9 Å². The first-order chi connectivity index (χ1) is 7.72. The lowest BCUT2D eigenvalue weighted by Crippen LogP contribution is -2.29. The number of hydrogen-bond acceptors (Lipinski definition) is 4. The molecule has 0 amide bonds. The van der Waals surface area contributed by atoms with Crippen LogP contribution in [0.5, 0.6) is 0 Å². The summed E-state index contributed by atoms with van der Waals surface area (Å²) in [7, 11) is -7.91. The SMILES string of the molecule is CC(C1CCCC1)S(=O)(=O)CCOP(=O)(O)O. The topological polar surface area (TPSA) is 101 Å². The van der Waals surface area contributed by atoms with Crippen LogP contribution in [0.3, 0.4) is 0 Å². The Morgan fingerprint density at radius 3 is 2.35 bits per heavy atom. The lowest BCUT2D eigenvalue weighted by molar-refractivity contribution is 0.207. The molecular formula is C9H19O6PS. The summed E-state index contributed by atoms with van der Waals surface area (Å²) in [6.45, 7) is 1.21. The average Bonchev–Trinajstić information content (AvgIpc) is 2.66. The Morgan fingerprint density at radius 1 is 1.35 bits per heavy atom. The second-order valence-corrected chi connectivity index (χ2v) is 8.16. The van der Waals surface area contributed by atoms with E-state index >= 15 is 0 Å². The molecule has 0 aromatic carbocycles. The van der Waals surface area contributed by atoms with Gasteiger partial charge in [0.2, 0.25) is 0 Å². The van der Waals surface area contributed by atoms with Gasteiger partial charge in [0, 0.05) is 0 Å². The van der Waals surface area contributed by atoms with Crippen LogP contribution < -0.4 is 0 Å². The number of sulfone groups is 1. The first-order valence-corrected chi connectivity index (χ1v) is 8.88. The van der Waals surface area contributed by atoms with Crippen molar-refractivity contribution in [2.24, 2.45) is 5.92 Å². The summed E-state index contributed by atoms with van der Waals surface area (Å²) in [6.07, 6.45) is 3.95. The van der Waals surface area contributed by atoms with Gasteiger partial charge in [0.25, 0.3) is 0 Å². The molecule has 0 aliphatic heterocycles. The van der Waals surface area contributed by atoms with Crippen molar-refractivity contribution in [2.75, 3.05) is 12.4 Å². The van der Waals surface area contributed by atoms with Crippen LogP contribution in [-0.4, -0.2) is 35.8 Å². The van der Waals surface area contributed by atoms with Crippen molar-refractivity contribution in [3.63, 3.8) is 0 Å². The minimum Gasteiger partial charge on any atom is -0.303 e. The maximum atomic E-state index is 11.9. The van der Waals surface area contributed by atoms with E-state index in [4.69, 9.17) is 9.79 Å². The van der Waals surface area contributed by atoms with E-state index < -0.39 is 29.5 Å². The van der Waals surface area contributed by atoms with E-state index in [1.54, 1.807) is 6.92 Å². The molecule has 0 heterocycles. The average molecular weight is 286 g/mol. The molecule has 102 valence electrons. The highest BCUT2D eigenvalue weighted by molar-refractivity contribution is 7.92. The Balaban J connectivity index is 2.47. The van der Waals surface area contributed by atoms with E-state index in [9.17, 15) is 13.0 Å². The van der Waals surface area contributed by atoms with Crippen LogP contribution in [0.4, 0.5) is 0 Å². The highest BCUT2D eigenvalue weighted by Crippen LogP contribution is 2.36. The molecule has 1 fully saturated rings. The van der Waals surface area contributed by atoms with Gasteiger partial charge in [-0.25, -0.2) is 13.0 Å². The lowest BCUT2D eigenvalue weighted by atomic mass is 10.1. The van der Waals surface area contributed by atoms with Gasteiger partial charge < -0.3 is 9.79 Å². The quantitative estimate of drug-likeness (QED) is 0.709. The molecule has 0 bridgehead atoms. The fraction of sp³-hybridized carbons (Fsp3) is 1.00. The highest BCUT2D eigenvalue weighted by atomic mass is 32.2. The fourth-order valence-corrected chi connectivity index (χ4v) is 4.18. The molecule has 2 N–H and O–H groups in total. The van der Waals surface area contributed by atoms with Gasteiger partial charge >= 0.3 is 7.82 Å². The molecule has 0 aromatic heterocycles. The minimum atomic E-state index is -4.57. The third kappa shape index (κ3) is 5.06. The summed E-state index contributed by atoms with van der Waals surface area (Å²) in [5, 5.41) is -0.453. The monoisotopic (exact) mass is 286 g/mol. The van der Waals surface area contributed by atoms with Crippen molar-refractivity contribution in [3.05, 3.63) is 0 Å². The molecule has 1 rings (SSSR count). The van der Waals surface area contributed by atoms with Crippen LogP contribution in [0.15, 0.2) is 0 Å². The van der Waals surface area contributed by atoms with E-state index in [1.165, 1.54) is 0 Å². The number of rotatable bonds is 6. The van der Waals surface area contributed by atoms with E-state index in [1.807, 2.05) is 0 Å². The number of phosphoric acid groups is 1. The van der Waals surface area contributed by atoms with Gasteiger partial charge in [0.1, 0.15) is 0 Å². The maximum Gasteiger partial charge on any atom is 0.469 e. The Labute approximate surface area is 102 Å². The molecule has 0 aromatic rings. The summed E-state index contributed by atoms with van der Waals surface area (Å²) in [4.78, 5) is 16.9. The second-order valence-electron chi connectivity index (χ2n) is 4.44. The largest absolute Gasteiger partial charge is 0.469 e. The van der Waals surface area contributed by atoms with Crippen molar-refractivity contribution in [1.82, 2.24) is 0 Å². The second kappa shape index (κ2) is 5.80. The Hall–Kier alpha value is 0.0600. The van der Waals surface area contributed by atoms with E-state index in [2.05, 4.69) is 4.52 Å². The Kier molecular flexibility index (Phi) is 5.16. The molecule has 0 radical (unpaired) electrons. The molecular weight excluding hydrogens is 267 g/mol. The lowest BCUT2D eigenvalue weighted by Gasteiger charge is -2.19. The van der Waals surface area contributed by atoms with Crippen LogP contribution in [0.1, 0.15) is 32.6 Å². The summed E-state index contributed by atoms with van der Waals surface area (Å²) in [5.41, 5.74) is 0. The molecule has 0 saturated heterocycles. The Morgan fingerprint density at radius 2 is 1.88 bits per heavy atom. The molecule has 1 unspecified atom stereocenters. The smallest absolute Gasteiger partial charge is 0.303 e. The number of phosphoric ester groups is 1. The zero-order chi connectivity index (χ0) is 13.1. The highest BCUT2D eigenvalue weighted by Gasteiger charge is 2.31. The van der Waals surface area contributed by atoms with Crippen LogP contribution in [0, 0.1) is 5.92 Å². The zero-order valence-electron chi connectivity index (χ0n) is 9.78. The summed E-state index contributed by atoms with van der Waals surface area (Å²) in [5.74, 6) is -0.162. The Bertz CT molecular complexity index is 380. The van der Waals surface area contributed by atoms with E-state index in [-0.39, 0.29) is 11.7 Å². The van der Waals surface area contributed by atoms with Crippen LogP contribution in [-0.2, 0) is 18.9 Å². The summed E-state index contributed by atoms with van der Waals surface area (Å²) < 4.78 is 38.3. The van der Waals surface area contributed by atoms with Gasteiger partial charge in [0.05, 0.1) is 17.6 Å². The van der Waals surface area contributed by atoms with Gasteiger partial charge in [-0.15, -0.1) is 0 Å². The molecule has 6 nitrogen and oxygen atoms in total. The first-order valence-electron chi connectivity index (χ1n) is 5.64. The third-order valence-electron chi connectivity index (χ3n) is 3.26. The van der Waals surface area contributed by atoms with Gasteiger partial charge in [-0.05, 0) is 25.7 Å². The first kappa shape index (κ1) is 15.1. The van der Waals surface area contributed by atoms with Crippen molar-refractivity contribution in [3.8, 4) is 0 Å². The predicted molar refractivity (Wildman–Crippen MR) is 63.2 cm³/mol. The maximum absolute atomic E-state index is 11.9. The number of hydrogen-bond donors (Lipinski definition) is 2. The molecule has 0 spiro atoms. The molecule has 17 heavy (non-hydrogen) atoms. The third-order valence-corrected chi connectivity index (χ3v) is 6.03. The minimum absolute atomic E-state index is 0.176. The van der Waals surface area contributed by atoms with Crippen LogP contribution in [0.2, 0.25) is 0 Å². The fourth-order valence-electron chi connectivity index (χ4n) is 2.18. The molecule has 1 aliphatic rings. The van der Waals surface area contributed by atoms with E-state index in [0.717, 1.165) is 25.7 Å². The van der Waals surface area contributed by atoms with Gasteiger partial charge in [-0.1, -0.05) is 12.8 Å². The van der Waals surface area contributed by atoms with Gasteiger partial charge in [0.15, 0.2) is 9.84 Å². The summed E-state index contributed by atoms with van der Waals surface area (Å²) in [6, 6.07) is 0. The van der Waals surface area contributed by atoms with Crippen LogP contribution in [0.25, 0.3) is 0 Å². The predicted octanol–water partition coefficient (Wildman–Crippen LogP) is 1.09.